The summed E-state index contributed by atoms with van der Waals surface area (Å²) in [6.07, 6.45) is 0.497. The lowest BCUT2D eigenvalue weighted by Gasteiger charge is -2.11. The molecule has 1 atom stereocenters. The van der Waals surface area contributed by atoms with Crippen LogP contribution in [0.5, 0.6) is 0 Å². The largest absolute Gasteiger partial charge is 0.356 e. The molecule has 0 bridgehead atoms. The number of hydrogen-bond donors (Lipinski definition) is 2. The van der Waals surface area contributed by atoms with E-state index in [0.717, 1.165) is 4.90 Å². The van der Waals surface area contributed by atoms with Crippen LogP contribution in [0, 0.1) is 5.92 Å². The predicted molar refractivity (Wildman–Crippen MR) is 66.6 cm³/mol. The summed E-state index contributed by atoms with van der Waals surface area (Å²) >= 11 is 0. The fourth-order valence-corrected chi connectivity index (χ4v) is 1.68. The first kappa shape index (κ1) is 14.6. The molecule has 0 aromatic rings. The van der Waals surface area contributed by atoms with E-state index in [-0.39, 0.29) is 24.1 Å². The summed E-state index contributed by atoms with van der Waals surface area (Å²) in [6, 6.07) is -0.472. The summed E-state index contributed by atoms with van der Waals surface area (Å²) in [7, 11) is 1.47. The maximum atomic E-state index is 11.5. The van der Waals surface area contributed by atoms with Crippen LogP contribution in [0.25, 0.3) is 0 Å². The van der Waals surface area contributed by atoms with Crippen molar-refractivity contribution in [2.75, 3.05) is 20.1 Å². The zero-order chi connectivity index (χ0) is 13.7. The molecule has 0 aliphatic carbocycles. The van der Waals surface area contributed by atoms with Crippen molar-refractivity contribution >= 4 is 17.7 Å². The van der Waals surface area contributed by atoms with Gasteiger partial charge in [-0.15, -0.1) is 0 Å². The smallest absolute Gasteiger partial charge is 0.246 e. The van der Waals surface area contributed by atoms with Gasteiger partial charge in [0.2, 0.25) is 17.7 Å². The zero-order valence-corrected chi connectivity index (χ0v) is 11.2. The molecule has 3 amide bonds. The molecule has 1 saturated heterocycles. The maximum absolute atomic E-state index is 11.5. The van der Waals surface area contributed by atoms with E-state index in [9.17, 15) is 14.4 Å². The van der Waals surface area contributed by atoms with Crippen LogP contribution in [0.1, 0.15) is 26.7 Å². The molecule has 0 aromatic heterocycles. The van der Waals surface area contributed by atoms with E-state index in [1.54, 1.807) is 0 Å². The fraction of sp³-hybridized carbons (Fsp3) is 0.750. The molecule has 0 spiro atoms. The normalized spacial score (nSPS) is 19.8. The number of carbonyl (C=O) groups excluding carboxylic acids is 3. The van der Waals surface area contributed by atoms with E-state index < -0.39 is 6.04 Å². The topological polar surface area (TPSA) is 78.5 Å². The third-order valence-corrected chi connectivity index (χ3v) is 2.83. The minimum Gasteiger partial charge on any atom is -0.356 e. The van der Waals surface area contributed by atoms with E-state index in [2.05, 4.69) is 10.6 Å². The second-order valence-electron chi connectivity index (χ2n) is 4.95. The Morgan fingerprint density at radius 3 is 2.61 bits per heavy atom. The van der Waals surface area contributed by atoms with Crippen LogP contribution in [0.4, 0.5) is 0 Å². The number of carbonyl (C=O) groups is 3. The Hall–Kier alpha value is -1.43. The minimum atomic E-state index is -0.472. The average molecular weight is 255 g/mol. The molecule has 102 valence electrons. The van der Waals surface area contributed by atoms with Gasteiger partial charge >= 0.3 is 0 Å². The molecule has 1 heterocycles. The zero-order valence-electron chi connectivity index (χ0n) is 11.2. The first-order valence-electron chi connectivity index (χ1n) is 6.22. The first-order chi connectivity index (χ1) is 8.41. The minimum absolute atomic E-state index is 0.0404. The molecule has 1 rings (SSSR count). The highest BCUT2D eigenvalue weighted by Crippen LogP contribution is 2.10. The van der Waals surface area contributed by atoms with Crippen molar-refractivity contribution in [3.63, 3.8) is 0 Å². The van der Waals surface area contributed by atoms with E-state index in [0.29, 0.717) is 25.4 Å². The molecule has 2 N–H and O–H groups in total. The summed E-state index contributed by atoms with van der Waals surface area (Å²) in [5, 5.41) is 5.73. The van der Waals surface area contributed by atoms with Crippen LogP contribution < -0.4 is 10.6 Å². The highest BCUT2D eigenvalue weighted by molar-refractivity contribution is 6.05. The van der Waals surface area contributed by atoms with E-state index in [1.807, 2.05) is 13.8 Å². The van der Waals surface area contributed by atoms with Crippen LogP contribution in [0.15, 0.2) is 0 Å². The lowest BCUT2D eigenvalue weighted by Crippen LogP contribution is -2.39. The number of nitrogens with one attached hydrogen (secondary N) is 2. The third-order valence-electron chi connectivity index (χ3n) is 2.83. The third kappa shape index (κ3) is 4.10. The molecular weight excluding hydrogens is 234 g/mol. The molecule has 6 nitrogen and oxygen atoms in total. The number of amides is 3. The molecule has 0 saturated carbocycles. The summed E-state index contributed by atoms with van der Waals surface area (Å²) in [4.78, 5) is 35.3. The number of imide groups is 1. The number of likely N-dealkylation sites (N-methyl/N-ethyl adjacent to an activating group) is 1. The monoisotopic (exact) mass is 255 g/mol. The second kappa shape index (κ2) is 6.49. The molecular formula is C12H21N3O3. The highest BCUT2D eigenvalue weighted by Gasteiger charge is 2.35. The molecule has 18 heavy (non-hydrogen) atoms. The molecule has 1 unspecified atom stereocenters. The van der Waals surface area contributed by atoms with Crippen molar-refractivity contribution < 1.29 is 14.4 Å². The highest BCUT2D eigenvalue weighted by atomic mass is 16.2. The summed E-state index contributed by atoms with van der Waals surface area (Å²) in [5.74, 6) is -0.0183. The summed E-state index contributed by atoms with van der Waals surface area (Å²) in [6.45, 7) is 5.11. The molecule has 1 aliphatic rings. The number of likely N-dealkylation sites (tertiary alicyclic amines) is 1. The van der Waals surface area contributed by atoms with Crippen molar-refractivity contribution in [3.8, 4) is 0 Å². The van der Waals surface area contributed by atoms with Gasteiger partial charge in [0.1, 0.15) is 0 Å². The van der Waals surface area contributed by atoms with E-state index >= 15 is 0 Å². The van der Waals surface area contributed by atoms with E-state index in [4.69, 9.17) is 0 Å². The lowest BCUT2D eigenvalue weighted by molar-refractivity contribution is -0.137. The number of hydrogen-bond acceptors (Lipinski definition) is 4. The van der Waals surface area contributed by atoms with Crippen LogP contribution >= 0.6 is 0 Å². The van der Waals surface area contributed by atoms with E-state index in [1.165, 1.54) is 7.05 Å². The molecule has 0 aromatic carbocycles. The Morgan fingerprint density at radius 1 is 1.44 bits per heavy atom. The summed E-state index contributed by atoms with van der Waals surface area (Å²) in [5.41, 5.74) is 0. The quantitative estimate of drug-likeness (QED) is 0.627. The van der Waals surface area contributed by atoms with Gasteiger partial charge in [-0.05, 0) is 5.92 Å². The molecule has 1 aliphatic heterocycles. The standard InChI is InChI=1S/C12H21N3O3/c1-8(2)7-14-10(16)4-5-13-9-6-11(17)15(3)12(9)18/h8-9,13H,4-7H2,1-3H3,(H,14,16). The Bertz CT molecular complexity index is 341. The van der Waals surface area contributed by atoms with Crippen LogP contribution in [-0.4, -0.2) is 48.8 Å². The van der Waals surface area contributed by atoms with Gasteiger partial charge in [-0.3, -0.25) is 19.3 Å². The predicted octanol–water partition coefficient (Wildman–Crippen LogP) is -0.504. The summed E-state index contributed by atoms with van der Waals surface area (Å²) < 4.78 is 0. The average Bonchev–Trinajstić information content (AvgIpc) is 2.54. The van der Waals surface area contributed by atoms with Crippen LogP contribution in [-0.2, 0) is 14.4 Å². The van der Waals surface area contributed by atoms with Crippen molar-refractivity contribution in [1.29, 1.82) is 0 Å². The van der Waals surface area contributed by atoms with Crippen molar-refractivity contribution in [3.05, 3.63) is 0 Å². The van der Waals surface area contributed by atoms with Crippen molar-refractivity contribution in [1.82, 2.24) is 15.5 Å². The van der Waals surface area contributed by atoms with Crippen molar-refractivity contribution in [2.24, 2.45) is 5.92 Å². The SMILES string of the molecule is CC(C)CNC(=O)CCNC1CC(=O)N(C)C1=O. The fourth-order valence-electron chi connectivity index (χ4n) is 1.68. The van der Waals surface area contributed by atoms with Crippen molar-refractivity contribution in [2.45, 2.75) is 32.7 Å². The van der Waals surface area contributed by atoms with Gasteiger partial charge in [0.25, 0.3) is 0 Å². The lowest BCUT2D eigenvalue weighted by atomic mass is 10.2. The molecule has 6 heteroatoms. The van der Waals surface area contributed by atoms with Crippen LogP contribution in [0.2, 0.25) is 0 Å². The van der Waals surface area contributed by atoms with Crippen LogP contribution in [0.3, 0.4) is 0 Å². The Kier molecular flexibility index (Phi) is 5.27. The van der Waals surface area contributed by atoms with Gasteiger partial charge in [-0.1, -0.05) is 13.8 Å². The Balaban J connectivity index is 2.20. The molecule has 0 radical (unpaired) electrons. The Labute approximate surface area is 107 Å². The second-order valence-corrected chi connectivity index (χ2v) is 4.95. The number of rotatable bonds is 6. The van der Waals surface area contributed by atoms with Gasteiger partial charge in [0.15, 0.2) is 0 Å². The number of nitrogens with zero attached hydrogens (tertiary/aromatic N) is 1. The molecule has 1 fully saturated rings. The maximum Gasteiger partial charge on any atom is 0.246 e. The van der Waals surface area contributed by atoms with Gasteiger partial charge in [-0.2, -0.15) is 0 Å². The van der Waals surface area contributed by atoms with Gasteiger partial charge < -0.3 is 10.6 Å². The van der Waals surface area contributed by atoms with Gasteiger partial charge in [-0.25, -0.2) is 0 Å². The van der Waals surface area contributed by atoms with Gasteiger partial charge in [0.05, 0.1) is 12.5 Å². The Morgan fingerprint density at radius 2 is 2.11 bits per heavy atom. The van der Waals surface area contributed by atoms with Gasteiger partial charge in [0, 0.05) is 26.6 Å². The first-order valence-corrected chi connectivity index (χ1v) is 6.22.